The molecule has 2 aromatic carbocycles. The molecule has 0 aromatic heterocycles. The summed E-state index contributed by atoms with van der Waals surface area (Å²) in [5.41, 5.74) is 7.92. The Morgan fingerprint density at radius 3 is 2.44 bits per heavy atom. The van der Waals surface area contributed by atoms with Crippen molar-refractivity contribution in [1.29, 1.82) is 0 Å². The smallest absolute Gasteiger partial charge is 0.252 e. The highest BCUT2D eigenvalue weighted by atomic mass is 16.2. The summed E-state index contributed by atoms with van der Waals surface area (Å²) >= 11 is 0. The zero-order valence-corrected chi connectivity index (χ0v) is 13.9. The minimum Gasteiger partial charge on any atom is -0.368 e. The van der Waals surface area contributed by atoms with E-state index in [2.05, 4.69) is 22.4 Å². The maximum absolute atomic E-state index is 12.6. The molecule has 1 atom stereocenters. The van der Waals surface area contributed by atoms with Crippen LogP contribution in [0.4, 0.5) is 5.69 Å². The van der Waals surface area contributed by atoms with E-state index in [-0.39, 0.29) is 5.91 Å². The van der Waals surface area contributed by atoms with E-state index >= 15 is 0 Å². The number of nitrogens with one attached hydrogen (secondary N) is 1. The van der Waals surface area contributed by atoms with Gasteiger partial charge in [0.25, 0.3) is 5.91 Å². The summed E-state index contributed by atoms with van der Waals surface area (Å²) in [4.78, 5) is 26.5. The van der Waals surface area contributed by atoms with Crippen molar-refractivity contribution in [2.75, 3.05) is 18.0 Å². The van der Waals surface area contributed by atoms with Gasteiger partial charge in [-0.3, -0.25) is 9.59 Å². The highest BCUT2D eigenvalue weighted by molar-refractivity contribution is 5.98. The molecule has 25 heavy (non-hydrogen) atoms. The van der Waals surface area contributed by atoms with Crippen LogP contribution < -0.4 is 16.0 Å². The zero-order valence-electron chi connectivity index (χ0n) is 13.9. The maximum Gasteiger partial charge on any atom is 0.252 e. The molecular weight excluding hydrogens is 314 g/mol. The molecule has 5 heteroatoms. The molecule has 0 fully saturated rings. The summed E-state index contributed by atoms with van der Waals surface area (Å²) in [5, 5.41) is 2.75. The fourth-order valence-corrected chi connectivity index (χ4v) is 2.85. The second-order valence-corrected chi connectivity index (χ2v) is 6.04. The van der Waals surface area contributed by atoms with Gasteiger partial charge in [-0.2, -0.15) is 0 Å². The summed E-state index contributed by atoms with van der Waals surface area (Å²) < 4.78 is 0. The van der Waals surface area contributed by atoms with Gasteiger partial charge in [0, 0.05) is 30.8 Å². The van der Waals surface area contributed by atoms with Gasteiger partial charge in [-0.1, -0.05) is 48.6 Å². The zero-order chi connectivity index (χ0) is 17.6. The molecule has 0 saturated heterocycles. The van der Waals surface area contributed by atoms with Crippen LogP contribution in [0.5, 0.6) is 0 Å². The Hall–Kier alpha value is -3.08. The van der Waals surface area contributed by atoms with Crippen LogP contribution in [0.2, 0.25) is 0 Å². The van der Waals surface area contributed by atoms with Crippen LogP contribution >= 0.6 is 0 Å². The van der Waals surface area contributed by atoms with Crippen LogP contribution in [0, 0.1) is 0 Å². The van der Waals surface area contributed by atoms with E-state index in [1.165, 1.54) is 0 Å². The van der Waals surface area contributed by atoms with Crippen LogP contribution in [-0.2, 0) is 11.2 Å². The Kier molecular flexibility index (Phi) is 5.14. The minimum absolute atomic E-state index is 0.297. The highest BCUT2D eigenvalue weighted by Gasteiger charge is 2.20. The fraction of sp³-hybridized carbons (Fsp3) is 0.200. The molecule has 1 aliphatic rings. The van der Waals surface area contributed by atoms with Crippen LogP contribution in [0.25, 0.3) is 0 Å². The molecule has 0 saturated carbocycles. The van der Waals surface area contributed by atoms with E-state index in [9.17, 15) is 9.59 Å². The van der Waals surface area contributed by atoms with Gasteiger partial charge in [-0.15, -0.1) is 0 Å². The molecule has 1 aliphatic heterocycles. The molecule has 0 spiro atoms. The van der Waals surface area contributed by atoms with E-state index in [1.54, 1.807) is 6.07 Å². The Morgan fingerprint density at radius 1 is 1.04 bits per heavy atom. The number of amides is 2. The summed E-state index contributed by atoms with van der Waals surface area (Å²) in [5.74, 6) is -0.842. The van der Waals surface area contributed by atoms with Gasteiger partial charge in [-0.05, 0) is 23.8 Å². The number of primary amides is 1. The Morgan fingerprint density at radius 2 is 1.76 bits per heavy atom. The third kappa shape index (κ3) is 4.26. The average molecular weight is 335 g/mol. The normalized spacial score (nSPS) is 14.3. The van der Waals surface area contributed by atoms with Crippen molar-refractivity contribution < 1.29 is 9.59 Å². The number of nitrogens with two attached hydrogens (primary N) is 1. The van der Waals surface area contributed by atoms with Crippen molar-refractivity contribution in [3.8, 4) is 0 Å². The van der Waals surface area contributed by atoms with Gasteiger partial charge < -0.3 is 16.0 Å². The number of hydrogen-bond donors (Lipinski definition) is 2. The molecule has 0 radical (unpaired) electrons. The van der Waals surface area contributed by atoms with Crippen LogP contribution in [0.3, 0.4) is 0 Å². The summed E-state index contributed by atoms with van der Waals surface area (Å²) in [6.45, 7) is 1.67. The predicted octanol–water partition coefficient (Wildman–Crippen LogP) is 1.89. The van der Waals surface area contributed by atoms with Crippen molar-refractivity contribution in [3.63, 3.8) is 0 Å². The van der Waals surface area contributed by atoms with E-state index in [0.717, 1.165) is 24.3 Å². The first-order chi connectivity index (χ1) is 12.1. The van der Waals surface area contributed by atoms with E-state index < -0.39 is 11.9 Å². The standard InChI is InChI=1S/C20H21N3O2/c21-19(24)18(13-15-7-2-1-3-8-15)22-20(25)16-9-6-10-17(14-16)23-11-4-5-12-23/h1-10,14,18H,11-13H2,(H2,21,24)(H,22,25)/t18-/m1/s1. The molecule has 2 aromatic rings. The second kappa shape index (κ2) is 7.66. The largest absolute Gasteiger partial charge is 0.368 e. The molecule has 5 nitrogen and oxygen atoms in total. The third-order valence-electron chi connectivity index (χ3n) is 4.22. The number of carbonyl (C=O) groups is 2. The van der Waals surface area contributed by atoms with Gasteiger partial charge in [0.05, 0.1) is 0 Å². The number of hydrogen-bond acceptors (Lipinski definition) is 3. The second-order valence-electron chi connectivity index (χ2n) is 6.04. The molecule has 1 heterocycles. The van der Waals surface area contributed by atoms with Gasteiger partial charge in [0.15, 0.2) is 0 Å². The number of anilines is 1. The number of rotatable bonds is 6. The van der Waals surface area contributed by atoms with Crippen LogP contribution in [0.1, 0.15) is 15.9 Å². The van der Waals surface area contributed by atoms with Crippen molar-refractivity contribution in [2.45, 2.75) is 12.5 Å². The maximum atomic E-state index is 12.6. The molecule has 0 bridgehead atoms. The molecule has 0 unspecified atom stereocenters. The van der Waals surface area contributed by atoms with E-state index in [4.69, 9.17) is 5.73 Å². The van der Waals surface area contributed by atoms with Gasteiger partial charge in [0.2, 0.25) is 5.91 Å². The lowest BCUT2D eigenvalue weighted by molar-refractivity contribution is -0.119. The Balaban J connectivity index is 1.71. The van der Waals surface area contributed by atoms with Gasteiger partial charge in [0.1, 0.15) is 6.04 Å². The minimum atomic E-state index is -0.744. The van der Waals surface area contributed by atoms with Crippen molar-refractivity contribution in [3.05, 3.63) is 77.9 Å². The number of carbonyl (C=O) groups excluding carboxylic acids is 2. The SMILES string of the molecule is NC(=O)[C@@H](Cc1ccccc1)NC(=O)c1cccc(N2CC=CC2)c1. The van der Waals surface area contributed by atoms with Crippen LogP contribution in [0.15, 0.2) is 66.7 Å². The van der Waals surface area contributed by atoms with Crippen LogP contribution in [-0.4, -0.2) is 30.9 Å². The summed E-state index contributed by atoms with van der Waals surface area (Å²) in [7, 11) is 0. The van der Waals surface area contributed by atoms with Crippen molar-refractivity contribution in [1.82, 2.24) is 5.32 Å². The average Bonchev–Trinajstić information content (AvgIpc) is 3.17. The molecule has 2 amide bonds. The lowest BCUT2D eigenvalue weighted by Crippen LogP contribution is -2.45. The number of benzene rings is 2. The monoisotopic (exact) mass is 335 g/mol. The van der Waals surface area contributed by atoms with Gasteiger partial charge in [-0.25, -0.2) is 0 Å². The van der Waals surface area contributed by atoms with E-state index in [1.807, 2.05) is 48.5 Å². The Bertz CT molecular complexity index is 779. The van der Waals surface area contributed by atoms with Crippen molar-refractivity contribution >= 4 is 17.5 Å². The lowest BCUT2D eigenvalue weighted by Gasteiger charge is -2.19. The topological polar surface area (TPSA) is 75.4 Å². The lowest BCUT2D eigenvalue weighted by atomic mass is 10.0. The first-order valence-electron chi connectivity index (χ1n) is 8.27. The van der Waals surface area contributed by atoms with Gasteiger partial charge >= 0.3 is 0 Å². The summed E-state index contributed by atoms with van der Waals surface area (Å²) in [6.07, 6.45) is 4.56. The molecule has 3 N–H and O–H groups in total. The molecule has 3 rings (SSSR count). The fourth-order valence-electron chi connectivity index (χ4n) is 2.85. The third-order valence-corrected chi connectivity index (χ3v) is 4.22. The number of nitrogens with zero attached hydrogens (tertiary/aromatic N) is 1. The van der Waals surface area contributed by atoms with Crippen molar-refractivity contribution in [2.24, 2.45) is 5.73 Å². The molecular formula is C20H21N3O2. The first kappa shape index (κ1) is 16.8. The first-order valence-corrected chi connectivity index (χ1v) is 8.27. The Labute approximate surface area is 147 Å². The summed E-state index contributed by atoms with van der Waals surface area (Å²) in [6, 6.07) is 16.1. The molecule has 0 aliphatic carbocycles. The highest BCUT2D eigenvalue weighted by Crippen LogP contribution is 2.18. The van der Waals surface area contributed by atoms with E-state index in [0.29, 0.717) is 12.0 Å². The quantitative estimate of drug-likeness (QED) is 0.792. The molecule has 128 valence electrons. The predicted molar refractivity (Wildman–Crippen MR) is 98.4 cm³/mol.